The summed E-state index contributed by atoms with van der Waals surface area (Å²) in [6.45, 7) is 7.65. The number of likely N-dealkylation sites (tertiary alicyclic amines) is 1. The van der Waals surface area contributed by atoms with Crippen LogP contribution in [0.5, 0.6) is 0 Å². The molecule has 16 heteroatoms. The Morgan fingerprint density at radius 1 is 1.00 bits per heavy atom. The molecule has 0 spiro atoms. The molecule has 2 aliphatic heterocycles. The minimum absolute atomic E-state index is 0.0211. The summed E-state index contributed by atoms with van der Waals surface area (Å²) < 4.78 is 47.0. The van der Waals surface area contributed by atoms with Gasteiger partial charge in [-0.2, -0.15) is 13.2 Å². The van der Waals surface area contributed by atoms with E-state index in [9.17, 15) is 37.1 Å². The van der Waals surface area contributed by atoms with Crippen molar-refractivity contribution < 1.29 is 37.1 Å². The van der Waals surface area contributed by atoms with Crippen LogP contribution in [0.3, 0.4) is 0 Å². The van der Waals surface area contributed by atoms with E-state index in [0.717, 1.165) is 11.0 Å². The quantitative estimate of drug-likeness (QED) is 0.236. The first-order valence-corrected chi connectivity index (χ1v) is 17.4. The molecule has 4 amide bonds. The maximum absolute atomic E-state index is 13.7. The average molecular weight is 793 g/mol. The number of piperidine rings is 1. The molecule has 2 aromatic carbocycles. The van der Waals surface area contributed by atoms with Gasteiger partial charge in [-0.05, 0) is 102 Å². The summed E-state index contributed by atoms with van der Waals surface area (Å²) in [6, 6.07) is 8.82. The molecule has 1 fully saturated rings. The number of fused-ring (bicyclic) bond motifs is 1. The van der Waals surface area contributed by atoms with Crippen molar-refractivity contribution in [2.24, 2.45) is 5.92 Å². The third-order valence-corrected chi connectivity index (χ3v) is 9.91. The smallest absolute Gasteiger partial charge is 0.417 e. The Labute approximate surface area is 305 Å². The number of H-pyrrole nitrogens is 1. The van der Waals surface area contributed by atoms with Crippen LogP contribution in [0.15, 0.2) is 51.7 Å². The highest BCUT2D eigenvalue weighted by Gasteiger charge is 2.36. The van der Waals surface area contributed by atoms with Crippen molar-refractivity contribution in [3.05, 3.63) is 90.0 Å². The van der Waals surface area contributed by atoms with Crippen molar-refractivity contribution in [2.45, 2.75) is 71.3 Å². The first-order valence-electron chi connectivity index (χ1n) is 16.2. The summed E-state index contributed by atoms with van der Waals surface area (Å²) in [5.74, 6) is -1.95. The Hall–Kier alpha value is -4.31. The molecule has 3 aromatic rings. The molecule has 3 heterocycles. The van der Waals surface area contributed by atoms with Crippen LogP contribution in [0.1, 0.15) is 78.1 Å². The lowest BCUT2D eigenvalue weighted by atomic mass is 9.95. The normalized spacial score (nSPS) is 16.8. The van der Waals surface area contributed by atoms with Gasteiger partial charge in [-0.15, -0.1) is 0 Å². The molecule has 0 radical (unpaired) electrons. The largest absolute Gasteiger partial charge is 0.444 e. The topological polar surface area (TPSA) is 125 Å². The highest BCUT2D eigenvalue weighted by atomic mass is 79.9. The number of aromatic nitrogens is 2. The van der Waals surface area contributed by atoms with Gasteiger partial charge in [-0.25, -0.2) is 4.79 Å². The summed E-state index contributed by atoms with van der Waals surface area (Å²) in [5, 5.41) is 0. The van der Waals surface area contributed by atoms with Gasteiger partial charge in [0.25, 0.3) is 17.4 Å². The van der Waals surface area contributed by atoms with Gasteiger partial charge in [0.05, 0.1) is 17.8 Å². The third-order valence-electron chi connectivity index (χ3n) is 8.93. The van der Waals surface area contributed by atoms with Crippen LogP contribution in [0.25, 0.3) is 5.69 Å². The van der Waals surface area contributed by atoms with Crippen molar-refractivity contribution in [3.8, 4) is 5.69 Å². The number of rotatable bonds is 4. The van der Waals surface area contributed by atoms with Gasteiger partial charge in [0, 0.05) is 59.0 Å². The fourth-order valence-corrected chi connectivity index (χ4v) is 6.98. The molecule has 1 N–H and O–H groups in total. The number of halogens is 4. The van der Waals surface area contributed by atoms with Crippen molar-refractivity contribution in [2.75, 3.05) is 20.1 Å². The van der Waals surface area contributed by atoms with Crippen LogP contribution in [-0.4, -0.2) is 79.8 Å². The van der Waals surface area contributed by atoms with Gasteiger partial charge < -0.3 is 19.5 Å². The van der Waals surface area contributed by atoms with Gasteiger partial charge in [0.15, 0.2) is 4.77 Å². The molecule has 11 nitrogen and oxygen atoms in total. The number of imide groups is 1. The zero-order chi connectivity index (χ0) is 37.6. The molecule has 0 unspecified atom stereocenters. The molecule has 272 valence electrons. The second-order valence-electron chi connectivity index (χ2n) is 13.7. The number of alkyl halides is 3. The molecule has 1 aromatic heterocycles. The van der Waals surface area contributed by atoms with Gasteiger partial charge in [0.2, 0.25) is 5.91 Å². The molecule has 0 aliphatic carbocycles. The number of carbonyl (C=O) groups is 4. The second kappa shape index (κ2) is 14.4. The van der Waals surface area contributed by atoms with Gasteiger partial charge in [-0.3, -0.25) is 28.6 Å². The number of ether oxygens (including phenoxy) is 1. The zero-order valence-corrected chi connectivity index (χ0v) is 31.0. The predicted octanol–water partition coefficient (Wildman–Crippen LogP) is 6.51. The lowest BCUT2D eigenvalue weighted by Gasteiger charge is -2.34. The molecule has 0 bridgehead atoms. The minimum atomic E-state index is -4.66. The first-order chi connectivity index (χ1) is 23.8. The number of amides is 4. The van der Waals surface area contributed by atoms with Crippen molar-refractivity contribution in [3.63, 3.8) is 0 Å². The monoisotopic (exact) mass is 791 g/mol. The van der Waals surface area contributed by atoms with Crippen molar-refractivity contribution in [1.29, 1.82) is 0 Å². The summed E-state index contributed by atoms with van der Waals surface area (Å²) in [4.78, 5) is 73.0. The minimum Gasteiger partial charge on any atom is -0.444 e. The van der Waals surface area contributed by atoms with E-state index in [1.165, 1.54) is 52.9 Å². The van der Waals surface area contributed by atoms with Crippen LogP contribution < -0.4 is 5.56 Å². The zero-order valence-electron chi connectivity index (χ0n) is 28.6. The number of nitrogens with one attached hydrogen (secondary N) is 1. The standard InChI is InChI=1S/C35H37BrF3N5O6S/c1-19-16-24-27(18-43(19)30(47)22-8-11-26(36)25(17-22)35(37,38)39)40-32(51)44(31(24)48)23-9-6-20(7-10-23)28(45)41(5)29(46)21-12-14-42(15-13-21)33(49)50-34(2,3)4/h6-11,17,19,21H,12-16,18H2,1-5H3,(H,40,51)/t19-/m1/s1. The van der Waals surface area contributed by atoms with Gasteiger partial charge in [0.1, 0.15) is 5.60 Å². The molecule has 51 heavy (non-hydrogen) atoms. The Kier molecular flexibility index (Phi) is 10.7. The van der Waals surface area contributed by atoms with Crippen molar-refractivity contribution in [1.82, 2.24) is 24.3 Å². The van der Waals surface area contributed by atoms with E-state index >= 15 is 0 Å². The average Bonchev–Trinajstić information content (AvgIpc) is 3.06. The lowest BCUT2D eigenvalue weighted by Crippen LogP contribution is -2.46. The first kappa shape index (κ1) is 37.9. The Morgan fingerprint density at radius 2 is 1.61 bits per heavy atom. The molecule has 2 aliphatic rings. The number of aromatic amines is 1. The SMILES string of the molecule is C[C@@H]1Cc2c([nH]c(=S)n(-c3ccc(C(=O)N(C)C(=O)C4CCN(C(=O)OC(C)(C)C)CC4)cc3)c2=O)CN1C(=O)c1ccc(Br)c(C(F)(F)F)c1. The van der Waals surface area contributed by atoms with Crippen molar-refractivity contribution >= 4 is 52.0 Å². The van der Waals surface area contributed by atoms with E-state index in [-0.39, 0.29) is 39.2 Å². The second-order valence-corrected chi connectivity index (χ2v) is 14.9. The predicted molar refractivity (Wildman–Crippen MR) is 187 cm³/mol. The number of carbonyl (C=O) groups excluding carboxylic acids is 4. The van der Waals surface area contributed by atoms with E-state index in [0.29, 0.717) is 42.9 Å². The Balaban J connectivity index is 1.28. The van der Waals surface area contributed by atoms with E-state index in [4.69, 9.17) is 17.0 Å². The fraction of sp³-hybridized carbons (Fsp3) is 0.429. The van der Waals surface area contributed by atoms with Gasteiger partial charge >= 0.3 is 12.3 Å². The highest BCUT2D eigenvalue weighted by molar-refractivity contribution is 9.10. The van der Waals surface area contributed by atoms with Crippen LogP contribution in [-0.2, 0) is 28.7 Å². The maximum atomic E-state index is 13.7. The molecular weight excluding hydrogens is 755 g/mol. The van der Waals surface area contributed by atoms with E-state index < -0.39 is 52.8 Å². The highest BCUT2D eigenvalue weighted by Crippen LogP contribution is 2.36. The van der Waals surface area contributed by atoms with Crippen LogP contribution in [0.4, 0.5) is 18.0 Å². The maximum Gasteiger partial charge on any atom is 0.417 e. The van der Waals surface area contributed by atoms with E-state index in [1.807, 2.05) is 0 Å². The molecule has 1 saturated heterocycles. The van der Waals surface area contributed by atoms with Gasteiger partial charge in [-0.1, -0.05) is 15.9 Å². The Morgan fingerprint density at radius 3 is 2.20 bits per heavy atom. The summed E-state index contributed by atoms with van der Waals surface area (Å²) in [7, 11) is 1.41. The number of benzene rings is 2. The summed E-state index contributed by atoms with van der Waals surface area (Å²) in [5.41, 5.74) is -0.843. The third kappa shape index (κ3) is 8.11. The number of nitrogens with zero attached hydrogens (tertiary/aromatic N) is 4. The summed E-state index contributed by atoms with van der Waals surface area (Å²) in [6.07, 6.45) is -4.20. The fourth-order valence-electron chi connectivity index (χ4n) is 6.20. The molecular formula is C35H37BrF3N5O6S. The van der Waals surface area contributed by atoms with Crippen LogP contribution in [0, 0.1) is 10.7 Å². The molecule has 1 atom stereocenters. The number of hydrogen-bond acceptors (Lipinski definition) is 7. The molecule has 0 saturated carbocycles. The summed E-state index contributed by atoms with van der Waals surface area (Å²) >= 11 is 8.40. The lowest BCUT2D eigenvalue weighted by molar-refractivity contribution is -0.138. The van der Waals surface area contributed by atoms with E-state index in [2.05, 4.69) is 20.9 Å². The molecule has 5 rings (SSSR count). The number of hydrogen-bond donors (Lipinski definition) is 1. The van der Waals surface area contributed by atoms with Crippen LogP contribution >= 0.6 is 28.1 Å². The van der Waals surface area contributed by atoms with Crippen LogP contribution in [0.2, 0.25) is 0 Å². The Bertz CT molecular complexity index is 2000. The van der Waals surface area contributed by atoms with E-state index in [1.54, 1.807) is 32.6 Å².